The largest absolute Gasteiger partial charge is 0.449 e. The van der Waals surface area contributed by atoms with Crippen molar-refractivity contribution in [1.82, 2.24) is 5.32 Å². The number of carbonyl (C=O) groups excluding carboxylic acids is 2. The molecule has 1 N–H and O–H groups in total. The molecule has 0 aromatic heterocycles. The number of hydrogen-bond acceptors (Lipinski definition) is 6. The van der Waals surface area contributed by atoms with Gasteiger partial charge in [0.1, 0.15) is 0 Å². The van der Waals surface area contributed by atoms with E-state index in [4.69, 9.17) is 4.74 Å². The van der Waals surface area contributed by atoms with E-state index in [-0.39, 0.29) is 28.7 Å². The fraction of sp³-hybridized carbons (Fsp3) is 0.529. The molecule has 1 aromatic carbocycles. The molecule has 2 fully saturated rings. The second-order valence-electron chi connectivity index (χ2n) is 6.47. The van der Waals surface area contributed by atoms with Gasteiger partial charge in [-0.15, -0.1) is 11.8 Å². The molecule has 1 saturated heterocycles. The zero-order valence-corrected chi connectivity index (χ0v) is 15.6. The topological polar surface area (TPSA) is 89.5 Å². The number of thioether (sulfide) groups is 1. The number of ether oxygens (including phenoxy) is 1. The van der Waals surface area contributed by atoms with Gasteiger partial charge in [-0.1, -0.05) is 12.1 Å². The summed E-state index contributed by atoms with van der Waals surface area (Å²) in [6, 6.07) is 7.15. The smallest absolute Gasteiger partial charge is 0.340 e. The zero-order chi connectivity index (χ0) is 18.0. The molecule has 3 rings (SSSR count). The summed E-state index contributed by atoms with van der Waals surface area (Å²) in [6.07, 6.45) is 1.65. The number of hydrogen-bond donors (Lipinski definition) is 1. The lowest BCUT2D eigenvalue weighted by atomic mass is 10.2. The summed E-state index contributed by atoms with van der Waals surface area (Å²) in [5, 5.41) is 2.74. The summed E-state index contributed by atoms with van der Waals surface area (Å²) in [5.41, 5.74) is 0.364. The molecule has 0 unspecified atom stereocenters. The van der Waals surface area contributed by atoms with Gasteiger partial charge < -0.3 is 10.1 Å². The third-order valence-corrected chi connectivity index (χ3v) is 7.49. The van der Waals surface area contributed by atoms with Crippen LogP contribution in [-0.4, -0.2) is 49.2 Å². The Morgan fingerprint density at radius 3 is 2.60 bits per heavy atom. The molecule has 2 atom stereocenters. The van der Waals surface area contributed by atoms with Crippen molar-refractivity contribution in [3.05, 3.63) is 29.8 Å². The molecule has 1 aliphatic carbocycles. The van der Waals surface area contributed by atoms with Crippen molar-refractivity contribution in [2.45, 2.75) is 48.5 Å². The molecule has 1 aromatic rings. The molecule has 8 heteroatoms. The summed E-state index contributed by atoms with van der Waals surface area (Å²) in [6.45, 7) is 1.55. The summed E-state index contributed by atoms with van der Waals surface area (Å²) >= 11 is 1.38. The molecular formula is C17H21NO5S2. The van der Waals surface area contributed by atoms with Crippen LogP contribution in [0, 0.1) is 0 Å². The molecule has 136 valence electrons. The van der Waals surface area contributed by atoms with E-state index in [1.165, 1.54) is 11.8 Å². The number of nitrogens with one attached hydrogen (secondary N) is 1. The lowest BCUT2D eigenvalue weighted by Gasteiger charge is -2.15. The average Bonchev–Trinajstić information content (AvgIpc) is 3.30. The van der Waals surface area contributed by atoms with Crippen molar-refractivity contribution >= 4 is 33.5 Å². The van der Waals surface area contributed by atoms with Gasteiger partial charge in [0.05, 0.1) is 17.1 Å². The Balaban J connectivity index is 1.65. The third-order valence-electron chi connectivity index (χ3n) is 4.17. The van der Waals surface area contributed by atoms with Crippen LogP contribution in [-0.2, 0) is 19.4 Å². The van der Waals surface area contributed by atoms with Gasteiger partial charge in [-0.2, -0.15) is 0 Å². The quantitative estimate of drug-likeness (QED) is 0.754. The number of esters is 1. The van der Waals surface area contributed by atoms with Gasteiger partial charge in [-0.25, -0.2) is 13.2 Å². The predicted octanol–water partition coefficient (Wildman–Crippen LogP) is 1.79. The van der Waals surface area contributed by atoms with Crippen LogP contribution in [0.5, 0.6) is 0 Å². The van der Waals surface area contributed by atoms with E-state index in [9.17, 15) is 18.0 Å². The summed E-state index contributed by atoms with van der Waals surface area (Å²) < 4.78 is 28.5. The first kappa shape index (κ1) is 18.3. The first-order valence-corrected chi connectivity index (χ1v) is 11.0. The highest BCUT2D eigenvalue weighted by molar-refractivity contribution is 8.02. The van der Waals surface area contributed by atoms with Gasteiger partial charge in [0.15, 0.2) is 15.9 Å². The number of sulfone groups is 1. The van der Waals surface area contributed by atoms with Crippen molar-refractivity contribution in [2.24, 2.45) is 0 Å². The number of rotatable bonds is 6. The van der Waals surface area contributed by atoms with Gasteiger partial charge in [-0.3, -0.25) is 4.79 Å². The standard InChI is InChI=1S/C17H21NO5S2/c1-11(16(19)18-12-6-7-12)23-17(20)14-4-2-3-5-15(14)24-13-8-9-25(21,22)10-13/h2-5,11-13H,6-10H2,1H3,(H,18,19)/t11-,13+/m1/s1. The average molecular weight is 383 g/mol. The van der Waals surface area contributed by atoms with E-state index in [1.807, 2.05) is 0 Å². The van der Waals surface area contributed by atoms with Crippen LogP contribution in [0.3, 0.4) is 0 Å². The minimum atomic E-state index is -2.97. The third kappa shape index (κ3) is 4.98. The number of amides is 1. The Morgan fingerprint density at radius 1 is 1.24 bits per heavy atom. The highest BCUT2D eigenvalue weighted by Crippen LogP contribution is 2.33. The fourth-order valence-electron chi connectivity index (χ4n) is 2.60. The van der Waals surface area contributed by atoms with Crippen molar-refractivity contribution in [1.29, 1.82) is 0 Å². The van der Waals surface area contributed by atoms with E-state index in [2.05, 4.69) is 5.32 Å². The second-order valence-corrected chi connectivity index (χ2v) is 10.0. The monoisotopic (exact) mass is 383 g/mol. The molecule has 2 aliphatic rings. The minimum Gasteiger partial charge on any atom is -0.449 e. The maximum absolute atomic E-state index is 12.4. The molecule has 1 amide bonds. The fourth-order valence-corrected chi connectivity index (χ4v) is 6.21. The molecule has 0 spiro atoms. The van der Waals surface area contributed by atoms with Gasteiger partial charge in [0.25, 0.3) is 5.91 Å². The summed E-state index contributed by atoms with van der Waals surface area (Å²) in [5.74, 6) is -0.540. The van der Waals surface area contributed by atoms with Crippen molar-refractivity contribution in [3.63, 3.8) is 0 Å². The molecule has 0 bridgehead atoms. The maximum atomic E-state index is 12.4. The normalized spacial score (nSPS) is 23.0. The van der Waals surface area contributed by atoms with Gasteiger partial charge in [0.2, 0.25) is 0 Å². The molecule has 25 heavy (non-hydrogen) atoms. The van der Waals surface area contributed by atoms with Crippen LogP contribution in [0.15, 0.2) is 29.2 Å². The molecule has 1 heterocycles. The Morgan fingerprint density at radius 2 is 1.96 bits per heavy atom. The highest BCUT2D eigenvalue weighted by atomic mass is 32.2. The summed E-state index contributed by atoms with van der Waals surface area (Å²) in [4.78, 5) is 25.1. The molecule has 1 saturated carbocycles. The van der Waals surface area contributed by atoms with Crippen LogP contribution in [0.2, 0.25) is 0 Å². The highest BCUT2D eigenvalue weighted by Gasteiger charge is 2.31. The van der Waals surface area contributed by atoms with Gasteiger partial charge in [0, 0.05) is 16.2 Å². The molecule has 0 radical (unpaired) electrons. The second kappa shape index (κ2) is 7.37. The van der Waals surface area contributed by atoms with E-state index in [0.29, 0.717) is 16.9 Å². The first-order valence-electron chi connectivity index (χ1n) is 8.31. The molecule has 6 nitrogen and oxygen atoms in total. The van der Waals surface area contributed by atoms with Crippen LogP contribution in [0.1, 0.15) is 36.5 Å². The van der Waals surface area contributed by atoms with Gasteiger partial charge >= 0.3 is 5.97 Å². The van der Waals surface area contributed by atoms with Crippen molar-refractivity contribution < 1.29 is 22.7 Å². The Hall–Kier alpha value is -1.54. The predicted molar refractivity (Wildman–Crippen MR) is 95.4 cm³/mol. The Bertz CT molecular complexity index is 773. The first-order chi connectivity index (χ1) is 11.8. The maximum Gasteiger partial charge on any atom is 0.340 e. The molecule has 1 aliphatic heterocycles. The van der Waals surface area contributed by atoms with Crippen molar-refractivity contribution in [2.75, 3.05) is 11.5 Å². The lowest BCUT2D eigenvalue weighted by Crippen LogP contribution is -2.37. The number of carbonyl (C=O) groups is 2. The van der Waals surface area contributed by atoms with E-state index < -0.39 is 21.9 Å². The van der Waals surface area contributed by atoms with Crippen LogP contribution in [0.25, 0.3) is 0 Å². The SMILES string of the molecule is C[C@@H](OC(=O)c1ccccc1S[C@H]1CCS(=O)(=O)C1)C(=O)NC1CC1. The Labute approximate surface area is 151 Å². The lowest BCUT2D eigenvalue weighted by molar-refractivity contribution is -0.129. The van der Waals surface area contributed by atoms with Crippen LogP contribution in [0.4, 0.5) is 0 Å². The number of benzene rings is 1. The van der Waals surface area contributed by atoms with E-state index in [1.54, 1.807) is 31.2 Å². The minimum absolute atomic E-state index is 0.0606. The van der Waals surface area contributed by atoms with Crippen LogP contribution < -0.4 is 5.32 Å². The Kier molecular flexibility index (Phi) is 5.38. The zero-order valence-electron chi connectivity index (χ0n) is 13.9. The van der Waals surface area contributed by atoms with Crippen molar-refractivity contribution in [3.8, 4) is 0 Å². The molecular weight excluding hydrogens is 362 g/mol. The van der Waals surface area contributed by atoms with Gasteiger partial charge in [-0.05, 0) is 38.3 Å². The van der Waals surface area contributed by atoms with Crippen LogP contribution >= 0.6 is 11.8 Å². The van der Waals surface area contributed by atoms with E-state index in [0.717, 1.165) is 12.8 Å². The van der Waals surface area contributed by atoms with E-state index >= 15 is 0 Å². The summed E-state index contributed by atoms with van der Waals surface area (Å²) in [7, 11) is -2.97.